The Bertz CT molecular complexity index is 581. The molecule has 0 saturated heterocycles. The first-order chi connectivity index (χ1) is 8.08. The predicted octanol–water partition coefficient (Wildman–Crippen LogP) is 3.94. The highest BCUT2D eigenvalue weighted by Gasteiger charge is 2.13. The molecule has 0 aliphatic carbocycles. The van der Waals surface area contributed by atoms with Crippen LogP contribution in [0.2, 0.25) is 5.02 Å². The fraction of sp³-hybridized carbons (Fsp3) is 0.308. The second-order valence-corrected chi connectivity index (χ2v) is 4.35. The Balaban J connectivity index is 2.92. The van der Waals surface area contributed by atoms with Crippen LogP contribution in [0, 0.1) is 12.7 Å². The van der Waals surface area contributed by atoms with Crippen molar-refractivity contribution in [3.63, 3.8) is 0 Å². The number of hydrogen-bond acceptors (Lipinski definition) is 2. The normalized spacial score (nSPS) is 10.9. The molecule has 90 valence electrons. The molecule has 2 nitrogen and oxygen atoms in total. The topological polar surface area (TPSA) is 24.9 Å². The number of halogens is 2. The molecule has 0 fully saturated rings. The number of fused-ring (bicyclic) bond motifs is 1. The quantitative estimate of drug-likeness (QED) is 0.876. The Hall–Kier alpha value is -1.35. The average molecular weight is 253 g/mol. The molecule has 0 bridgehead atoms. The lowest BCUT2D eigenvalue weighted by Crippen LogP contribution is -2.01. The molecule has 2 aromatic rings. The number of rotatable bonds is 2. The van der Waals surface area contributed by atoms with E-state index < -0.39 is 0 Å². The van der Waals surface area contributed by atoms with Crippen molar-refractivity contribution >= 4 is 28.2 Å². The molecule has 0 atom stereocenters. The van der Waals surface area contributed by atoms with E-state index in [2.05, 4.69) is 10.3 Å². The standard InChI is InChI=1S/C13H14ClFN2/c1-4-10-7(2)13(16-3)12-9(14)5-8(15)6-11(12)17-10/h5-6H,4H2,1-3H3,(H,16,17). The van der Waals surface area contributed by atoms with Gasteiger partial charge in [0.25, 0.3) is 0 Å². The third kappa shape index (κ3) is 1.95. The summed E-state index contributed by atoms with van der Waals surface area (Å²) in [5, 5.41) is 4.30. The molecule has 1 aromatic heterocycles. The predicted molar refractivity (Wildman–Crippen MR) is 70.4 cm³/mol. The number of hydrogen-bond donors (Lipinski definition) is 1. The van der Waals surface area contributed by atoms with Gasteiger partial charge in [0.2, 0.25) is 0 Å². The lowest BCUT2D eigenvalue weighted by Gasteiger charge is -2.14. The molecule has 2 rings (SSSR count). The van der Waals surface area contributed by atoms with E-state index in [4.69, 9.17) is 11.6 Å². The van der Waals surface area contributed by atoms with Gasteiger partial charge < -0.3 is 5.32 Å². The first-order valence-electron chi connectivity index (χ1n) is 5.54. The van der Waals surface area contributed by atoms with Gasteiger partial charge in [-0.3, -0.25) is 4.98 Å². The summed E-state index contributed by atoms with van der Waals surface area (Å²) in [5.74, 6) is -0.358. The van der Waals surface area contributed by atoms with E-state index in [-0.39, 0.29) is 5.82 Å². The molecule has 4 heteroatoms. The van der Waals surface area contributed by atoms with Gasteiger partial charge in [0.1, 0.15) is 5.82 Å². The zero-order valence-electron chi connectivity index (χ0n) is 10.1. The van der Waals surface area contributed by atoms with Crippen LogP contribution in [-0.4, -0.2) is 12.0 Å². The summed E-state index contributed by atoms with van der Waals surface area (Å²) in [6.45, 7) is 4.03. The molecule has 0 radical (unpaired) electrons. The molecular formula is C13H14ClFN2. The van der Waals surface area contributed by atoms with E-state index in [0.717, 1.165) is 28.8 Å². The molecule has 0 saturated carbocycles. The third-order valence-corrected chi connectivity index (χ3v) is 3.23. The highest BCUT2D eigenvalue weighted by Crippen LogP contribution is 2.34. The van der Waals surface area contributed by atoms with Crippen molar-refractivity contribution < 1.29 is 4.39 Å². The van der Waals surface area contributed by atoms with Gasteiger partial charge in [0, 0.05) is 29.9 Å². The largest absolute Gasteiger partial charge is 0.387 e. The number of anilines is 1. The van der Waals surface area contributed by atoms with Crippen LogP contribution < -0.4 is 5.32 Å². The highest BCUT2D eigenvalue weighted by molar-refractivity contribution is 6.36. The summed E-state index contributed by atoms with van der Waals surface area (Å²) in [6, 6.07) is 2.73. The summed E-state index contributed by atoms with van der Waals surface area (Å²) < 4.78 is 13.3. The van der Waals surface area contributed by atoms with Crippen molar-refractivity contribution in [3.8, 4) is 0 Å². The van der Waals surface area contributed by atoms with Crippen molar-refractivity contribution in [2.45, 2.75) is 20.3 Å². The summed E-state index contributed by atoms with van der Waals surface area (Å²) in [6.07, 6.45) is 0.810. The van der Waals surface area contributed by atoms with E-state index in [1.807, 2.05) is 20.9 Å². The third-order valence-electron chi connectivity index (χ3n) is 2.93. The maximum atomic E-state index is 13.3. The molecular weight excluding hydrogens is 239 g/mol. The minimum Gasteiger partial charge on any atom is -0.387 e. The molecule has 1 heterocycles. The van der Waals surface area contributed by atoms with Crippen LogP contribution in [-0.2, 0) is 6.42 Å². The summed E-state index contributed by atoms with van der Waals surface area (Å²) >= 11 is 6.09. The van der Waals surface area contributed by atoms with Crippen LogP contribution in [0.15, 0.2) is 12.1 Å². The van der Waals surface area contributed by atoms with Crippen LogP contribution >= 0.6 is 11.6 Å². The molecule has 0 aliphatic heterocycles. The minimum atomic E-state index is -0.358. The minimum absolute atomic E-state index is 0.358. The van der Waals surface area contributed by atoms with E-state index in [9.17, 15) is 4.39 Å². The second-order valence-electron chi connectivity index (χ2n) is 3.94. The Morgan fingerprint density at radius 3 is 2.71 bits per heavy atom. The zero-order valence-corrected chi connectivity index (χ0v) is 10.8. The van der Waals surface area contributed by atoms with Crippen molar-refractivity contribution in [2.24, 2.45) is 0 Å². The number of pyridine rings is 1. The fourth-order valence-corrected chi connectivity index (χ4v) is 2.41. The lowest BCUT2D eigenvalue weighted by atomic mass is 10.1. The Kier molecular flexibility index (Phi) is 3.20. The Labute approximate surface area is 105 Å². The smallest absolute Gasteiger partial charge is 0.126 e. The van der Waals surface area contributed by atoms with Gasteiger partial charge in [-0.05, 0) is 25.0 Å². The van der Waals surface area contributed by atoms with Gasteiger partial charge >= 0.3 is 0 Å². The zero-order chi connectivity index (χ0) is 12.6. The van der Waals surface area contributed by atoms with Crippen LogP contribution in [0.25, 0.3) is 10.9 Å². The van der Waals surface area contributed by atoms with Crippen molar-refractivity contribution in [3.05, 3.63) is 34.2 Å². The van der Waals surface area contributed by atoms with E-state index in [1.54, 1.807) is 0 Å². The monoisotopic (exact) mass is 252 g/mol. The number of nitrogens with zero attached hydrogens (tertiary/aromatic N) is 1. The first kappa shape index (κ1) is 12.1. The lowest BCUT2D eigenvalue weighted by molar-refractivity contribution is 0.629. The van der Waals surface area contributed by atoms with E-state index >= 15 is 0 Å². The average Bonchev–Trinajstić information content (AvgIpc) is 2.29. The maximum Gasteiger partial charge on any atom is 0.126 e. The van der Waals surface area contributed by atoms with Crippen LogP contribution in [0.5, 0.6) is 0 Å². The number of aromatic nitrogens is 1. The van der Waals surface area contributed by atoms with Crippen LogP contribution in [0.4, 0.5) is 10.1 Å². The SMILES string of the molecule is CCc1nc2cc(F)cc(Cl)c2c(NC)c1C. The molecule has 17 heavy (non-hydrogen) atoms. The van der Waals surface area contributed by atoms with E-state index in [1.165, 1.54) is 12.1 Å². The maximum absolute atomic E-state index is 13.3. The number of nitrogens with one attached hydrogen (secondary N) is 1. The molecule has 0 unspecified atom stereocenters. The van der Waals surface area contributed by atoms with Gasteiger partial charge in [0.15, 0.2) is 0 Å². The van der Waals surface area contributed by atoms with Crippen LogP contribution in [0.3, 0.4) is 0 Å². The Morgan fingerprint density at radius 2 is 2.12 bits per heavy atom. The van der Waals surface area contributed by atoms with Crippen LogP contribution in [0.1, 0.15) is 18.2 Å². The summed E-state index contributed by atoms with van der Waals surface area (Å²) in [4.78, 5) is 4.46. The molecule has 0 spiro atoms. The molecule has 1 aromatic carbocycles. The summed E-state index contributed by atoms with van der Waals surface area (Å²) in [7, 11) is 1.83. The van der Waals surface area contributed by atoms with Crippen molar-refractivity contribution in [1.29, 1.82) is 0 Å². The van der Waals surface area contributed by atoms with Gasteiger partial charge in [0.05, 0.1) is 10.5 Å². The number of benzene rings is 1. The fourth-order valence-electron chi connectivity index (χ4n) is 2.11. The van der Waals surface area contributed by atoms with Gasteiger partial charge in [-0.25, -0.2) is 4.39 Å². The number of aryl methyl sites for hydroxylation is 1. The van der Waals surface area contributed by atoms with Gasteiger partial charge in [-0.1, -0.05) is 18.5 Å². The molecule has 0 aliphatic rings. The summed E-state index contributed by atoms with van der Waals surface area (Å²) in [5.41, 5.74) is 3.55. The van der Waals surface area contributed by atoms with Gasteiger partial charge in [-0.15, -0.1) is 0 Å². The van der Waals surface area contributed by atoms with Gasteiger partial charge in [-0.2, -0.15) is 0 Å². The highest BCUT2D eigenvalue weighted by atomic mass is 35.5. The molecule has 1 N–H and O–H groups in total. The van der Waals surface area contributed by atoms with E-state index in [0.29, 0.717) is 10.5 Å². The van der Waals surface area contributed by atoms with Crippen molar-refractivity contribution in [1.82, 2.24) is 4.98 Å². The first-order valence-corrected chi connectivity index (χ1v) is 5.92. The second kappa shape index (κ2) is 4.49. The molecule has 0 amide bonds. The van der Waals surface area contributed by atoms with Crippen molar-refractivity contribution in [2.75, 3.05) is 12.4 Å². The Morgan fingerprint density at radius 1 is 1.41 bits per heavy atom.